The van der Waals surface area contributed by atoms with Gasteiger partial charge in [0.25, 0.3) is 0 Å². The van der Waals surface area contributed by atoms with Crippen LogP contribution >= 0.6 is 12.4 Å². The average Bonchev–Trinajstić information content (AvgIpc) is 1.95. The molecular weight excluding hydrogens is 208 g/mol. The van der Waals surface area contributed by atoms with Gasteiger partial charge in [-0.2, -0.15) is 0 Å². The molecule has 0 aliphatic carbocycles. The van der Waals surface area contributed by atoms with Gasteiger partial charge in [-0.15, -0.1) is 12.4 Å². The molecule has 1 aromatic carbocycles. The van der Waals surface area contributed by atoms with Gasteiger partial charge in [0, 0.05) is 19.2 Å². The average molecular weight is 218 g/mol. The smallest absolute Gasteiger partial charge is 0.126 e. The van der Waals surface area contributed by atoms with Crippen molar-refractivity contribution in [2.75, 3.05) is 13.1 Å². The Kier molecular flexibility index (Phi) is 3.61. The van der Waals surface area contributed by atoms with Crippen molar-refractivity contribution in [2.24, 2.45) is 0 Å². The molecule has 1 aromatic rings. The number of nitrogens with one attached hydrogen (secondary N) is 1. The summed E-state index contributed by atoms with van der Waals surface area (Å²) in [7, 11) is 0. The van der Waals surface area contributed by atoms with E-state index in [1.54, 1.807) is 0 Å². The van der Waals surface area contributed by atoms with Crippen molar-refractivity contribution in [1.82, 2.24) is 5.32 Å². The first-order valence-electron chi connectivity index (χ1n) is 4.10. The van der Waals surface area contributed by atoms with Crippen molar-refractivity contribution in [2.45, 2.75) is 0 Å². The van der Waals surface area contributed by atoms with Crippen LogP contribution in [0.2, 0.25) is 0 Å². The van der Waals surface area contributed by atoms with Crippen LogP contribution in [0.5, 0.6) is 0 Å². The molecule has 0 radical (unpaired) electrons. The molecule has 1 fully saturated rings. The van der Waals surface area contributed by atoms with Crippen LogP contribution in [-0.4, -0.2) is 13.1 Å². The van der Waals surface area contributed by atoms with Crippen molar-refractivity contribution in [1.29, 1.82) is 0 Å². The van der Waals surface area contributed by atoms with Gasteiger partial charge in [-0.1, -0.05) is 6.08 Å². The molecule has 0 amide bonds. The molecule has 76 valence electrons. The minimum atomic E-state index is -0.529. The van der Waals surface area contributed by atoms with E-state index in [0.29, 0.717) is 5.56 Å². The number of benzene rings is 1. The fourth-order valence-corrected chi connectivity index (χ4v) is 1.27. The van der Waals surface area contributed by atoms with Crippen molar-refractivity contribution >= 4 is 18.5 Å². The predicted octanol–water partition coefficient (Wildman–Crippen LogP) is 2.37. The second kappa shape index (κ2) is 4.53. The summed E-state index contributed by atoms with van der Waals surface area (Å²) in [6.07, 6.45) is 1.81. The quantitative estimate of drug-likeness (QED) is 0.762. The Hall–Kier alpha value is -0.930. The molecule has 1 aliphatic heterocycles. The summed E-state index contributed by atoms with van der Waals surface area (Å²) in [5.74, 6) is -1.06. The van der Waals surface area contributed by atoms with Crippen LogP contribution in [-0.2, 0) is 0 Å². The summed E-state index contributed by atoms with van der Waals surface area (Å²) in [6.45, 7) is 1.64. The summed E-state index contributed by atoms with van der Waals surface area (Å²) in [4.78, 5) is 0. The first kappa shape index (κ1) is 11.1. The maximum atomic E-state index is 12.7. The van der Waals surface area contributed by atoms with E-state index in [0.717, 1.165) is 19.2 Å². The highest BCUT2D eigenvalue weighted by atomic mass is 35.5. The zero-order valence-electron chi connectivity index (χ0n) is 7.39. The van der Waals surface area contributed by atoms with Gasteiger partial charge in [-0.25, -0.2) is 8.78 Å². The molecule has 1 saturated heterocycles. The van der Waals surface area contributed by atoms with Gasteiger partial charge in [0.05, 0.1) is 0 Å². The summed E-state index contributed by atoms with van der Waals surface area (Å²) in [5.41, 5.74) is 1.76. The Morgan fingerprint density at radius 1 is 1.07 bits per heavy atom. The van der Waals surface area contributed by atoms with E-state index < -0.39 is 11.6 Å². The molecule has 0 saturated carbocycles. The third kappa shape index (κ3) is 2.53. The minimum absolute atomic E-state index is 0. The molecule has 14 heavy (non-hydrogen) atoms. The Labute approximate surface area is 87.2 Å². The number of hydrogen-bond donors (Lipinski definition) is 1. The Morgan fingerprint density at radius 3 is 2.07 bits per heavy atom. The lowest BCUT2D eigenvalue weighted by Gasteiger charge is -2.18. The molecule has 0 bridgehead atoms. The monoisotopic (exact) mass is 217 g/mol. The maximum Gasteiger partial charge on any atom is 0.126 e. The molecule has 0 atom stereocenters. The van der Waals surface area contributed by atoms with Crippen molar-refractivity contribution < 1.29 is 8.78 Å². The topological polar surface area (TPSA) is 12.0 Å². The molecule has 1 heterocycles. The third-order valence-corrected chi connectivity index (χ3v) is 1.96. The zero-order chi connectivity index (χ0) is 9.26. The number of hydrogen-bond acceptors (Lipinski definition) is 1. The van der Waals surface area contributed by atoms with Gasteiger partial charge in [-0.3, -0.25) is 0 Å². The maximum absolute atomic E-state index is 12.7. The summed E-state index contributed by atoms with van der Waals surface area (Å²) in [6, 6.07) is 3.53. The van der Waals surface area contributed by atoms with E-state index >= 15 is 0 Å². The highest BCUT2D eigenvalue weighted by Gasteiger charge is 2.07. The van der Waals surface area contributed by atoms with Gasteiger partial charge in [0.2, 0.25) is 0 Å². The second-order valence-corrected chi connectivity index (χ2v) is 3.11. The van der Waals surface area contributed by atoms with Crippen molar-refractivity contribution in [3.63, 3.8) is 0 Å². The van der Waals surface area contributed by atoms with Crippen LogP contribution in [0.25, 0.3) is 6.08 Å². The van der Waals surface area contributed by atoms with E-state index in [1.807, 2.05) is 6.08 Å². The van der Waals surface area contributed by atoms with Crippen LogP contribution in [0, 0.1) is 11.6 Å². The lowest BCUT2D eigenvalue weighted by atomic mass is 10.1. The van der Waals surface area contributed by atoms with Crippen molar-refractivity contribution in [3.8, 4) is 0 Å². The standard InChI is InChI=1S/C10H9F2N.ClH/c11-9-2-7(3-10(12)4-9)1-8-5-13-6-8;/h1-4,13H,5-6H2;1H. The summed E-state index contributed by atoms with van der Waals surface area (Å²) >= 11 is 0. The van der Waals surface area contributed by atoms with Gasteiger partial charge in [0.1, 0.15) is 11.6 Å². The molecule has 0 unspecified atom stereocenters. The summed E-state index contributed by atoms with van der Waals surface area (Å²) in [5, 5.41) is 3.05. The molecule has 4 heteroatoms. The highest BCUT2D eigenvalue weighted by Crippen LogP contribution is 2.13. The molecule has 0 spiro atoms. The molecular formula is C10H10ClF2N. The van der Waals surface area contributed by atoms with Gasteiger partial charge in [-0.05, 0) is 23.3 Å². The number of halogens is 3. The highest BCUT2D eigenvalue weighted by molar-refractivity contribution is 5.85. The SMILES string of the molecule is Cl.Fc1cc(F)cc(C=C2CNC2)c1. The Morgan fingerprint density at radius 2 is 1.64 bits per heavy atom. The van der Waals surface area contributed by atoms with Gasteiger partial charge < -0.3 is 5.32 Å². The van der Waals surface area contributed by atoms with Crippen LogP contribution in [0.4, 0.5) is 8.78 Å². The Bertz CT molecular complexity index is 337. The lowest BCUT2D eigenvalue weighted by molar-refractivity contribution is 0.582. The first-order valence-corrected chi connectivity index (χ1v) is 4.10. The number of rotatable bonds is 1. The van der Waals surface area contributed by atoms with Gasteiger partial charge in [0.15, 0.2) is 0 Å². The Balaban J connectivity index is 0.000000980. The third-order valence-electron chi connectivity index (χ3n) is 1.96. The predicted molar refractivity (Wildman–Crippen MR) is 54.5 cm³/mol. The van der Waals surface area contributed by atoms with Crippen LogP contribution in [0.15, 0.2) is 23.8 Å². The van der Waals surface area contributed by atoms with Crippen LogP contribution < -0.4 is 5.32 Å². The molecule has 2 rings (SSSR count). The second-order valence-electron chi connectivity index (χ2n) is 3.11. The van der Waals surface area contributed by atoms with E-state index in [2.05, 4.69) is 5.32 Å². The van der Waals surface area contributed by atoms with E-state index in [9.17, 15) is 8.78 Å². The van der Waals surface area contributed by atoms with Crippen molar-refractivity contribution in [3.05, 3.63) is 41.0 Å². The van der Waals surface area contributed by atoms with Crippen LogP contribution in [0.1, 0.15) is 5.56 Å². The van der Waals surface area contributed by atoms with Crippen LogP contribution in [0.3, 0.4) is 0 Å². The fourth-order valence-electron chi connectivity index (χ4n) is 1.27. The van der Waals surface area contributed by atoms with E-state index in [-0.39, 0.29) is 12.4 Å². The molecule has 1 aliphatic rings. The van der Waals surface area contributed by atoms with E-state index in [1.165, 1.54) is 17.7 Å². The lowest BCUT2D eigenvalue weighted by Crippen LogP contribution is -2.33. The summed E-state index contributed by atoms with van der Waals surface area (Å²) < 4.78 is 25.4. The normalized spacial score (nSPS) is 14.3. The molecule has 1 N–H and O–H groups in total. The zero-order valence-corrected chi connectivity index (χ0v) is 8.20. The largest absolute Gasteiger partial charge is 0.309 e. The minimum Gasteiger partial charge on any atom is -0.309 e. The van der Waals surface area contributed by atoms with E-state index in [4.69, 9.17) is 0 Å². The fraction of sp³-hybridized carbons (Fsp3) is 0.200. The molecule has 0 aromatic heterocycles. The first-order chi connectivity index (χ1) is 6.24. The molecule has 1 nitrogen and oxygen atoms in total. The van der Waals surface area contributed by atoms with Gasteiger partial charge >= 0.3 is 0 Å².